The van der Waals surface area contributed by atoms with Crippen LogP contribution in [0.2, 0.25) is 0 Å². The average Bonchev–Trinajstić information content (AvgIpc) is 3.33. The van der Waals surface area contributed by atoms with Crippen molar-refractivity contribution in [2.45, 2.75) is 57.8 Å². The second kappa shape index (κ2) is 9.84. The van der Waals surface area contributed by atoms with E-state index in [1.54, 1.807) is 0 Å². The summed E-state index contributed by atoms with van der Waals surface area (Å²) < 4.78 is 13.5. The van der Waals surface area contributed by atoms with Gasteiger partial charge in [-0.25, -0.2) is 4.99 Å². The van der Waals surface area contributed by atoms with E-state index in [1.807, 2.05) is 18.5 Å². The maximum atomic E-state index is 5.86. The lowest BCUT2D eigenvalue weighted by atomic mass is 10.0. The standard InChI is InChI=1S/C17H30N6O2.HI/c1-13-21-22-15(23(13)3)11-19-16(18-10-14-6-4-8-24-14)20-12-17(2)7-5-9-25-17;/h14H,4-12H2,1-3H3,(H2,18,19,20);1H. The van der Waals surface area contributed by atoms with Gasteiger partial charge >= 0.3 is 0 Å². The monoisotopic (exact) mass is 478 g/mol. The SMILES string of the molecule is Cc1nnc(CN=C(NCC2CCCO2)NCC2(C)CCCO2)n1C.I. The molecule has 2 atom stereocenters. The lowest BCUT2D eigenvalue weighted by molar-refractivity contribution is 0.0242. The van der Waals surface area contributed by atoms with Gasteiger partial charge in [-0.2, -0.15) is 0 Å². The van der Waals surface area contributed by atoms with Crippen LogP contribution in [0.5, 0.6) is 0 Å². The summed E-state index contributed by atoms with van der Waals surface area (Å²) in [6.07, 6.45) is 4.69. The van der Waals surface area contributed by atoms with Gasteiger partial charge in [0, 0.05) is 33.4 Å². The number of halogens is 1. The van der Waals surface area contributed by atoms with Crippen LogP contribution in [0, 0.1) is 6.92 Å². The van der Waals surface area contributed by atoms with Crippen LogP contribution in [0.3, 0.4) is 0 Å². The number of hydrogen-bond acceptors (Lipinski definition) is 5. The molecule has 8 nitrogen and oxygen atoms in total. The molecule has 1 aromatic heterocycles. The molecule has 2 N–H and O–H groups in total. The Labute approximate surface area is 172 Å². The third-order valence-electron chi connectivity index (χ3n) is 5.01. The maximum absolute atomic E-state index is 5.86. The maximum Gasteiger partial charge on any atom is 0.191 e. The molecule has 1 aromatic rings. The van der Waals surface area contributed by atoms with E-state index < -0.39 is 0 Å². The number of ether oxygens (including phenoxy) is 2. The second-order valence-corrected chi connectivity index (χ2v) is 7.16. The Morgan fingerprint density at radius 2 is 2.15 bits per heavy atom. The number of hydrogen-bond donors (Lipinski definition) is 2. The summed E-state index contributed by atoms with van der Waals surface area (Å²) in [6.45, 7) is 7.77. The van der Waals surface area contributed by atoms with Crippen molar-refractivity contribution in [1.29, 1.82) is 0 Å². The van der Waals surface area contributed by atoms with E-state index in [2.05, 4.69) is 32.7 Å². The van der Waals surface area contributed by atoms with Crippen molar-refractivity contribution in [2.24, 2.45) is 12.0 Å². The van der Waals surface area contributed by atoms with Gasteiger partial charge in [-0.3, -0.25) is 0 Å². The molecule has 0 spiro atoms. The first-order valence-electron chi connectivity index (χ1n) is 9.18. The molecule has 0 amide bonds. The number of nitrogens with zero attached hydrogens (tertiary/aromatic N) is 4. The van der Waals surface area contributed by atoms with E-state index in [0.717, 1.165) is 69.6 Å². The lowest BCUT2D eigenvalue weighted by Gasteiger charge is -2.25. The number of guanidine groups is 1. The van der Waals surface area contributed by atoms with Gasteiger partial charge in [-0.1, -0.05) is 0 Å². The van der Waals surface area contributed by atoms with Gasteiger partial charge in [-0.15, -0.1) is 34.2 Å². The molecule has 3 rings (SSSR count). The van der Waals surface area contributed by atoms with Gasteiger partial charge in [-0.05, 0) is 39.5 Å². The molecule has 2 aliphatic heterocycles. The second-order valence-electron chi connectivity index (χ2n) is 7.16. The Bertz CT molecular complexity index is 594. The number of rotatable bonds is 6. The highest BCUT2D eigenvalue weighted by molar-refractivity contribution is 14.0. The fourth-order valence-corrected chi connectivity index (χ4v) is 3.18. The molecule has 0 aromatic carbocycles. The Hall–Kier alpha value is -0.940. The van der Waals surface area contributed by atoms with Crippen LogP contribution in [0.25, 0.3) is 0 Å². The van der Waals surface area contributed by atoms with Gasteiger partial charge < -0.3 is 24.7 Å². The molecule has 3 heterocycles. The zero-order valence-corrected chi connectivity index (χ0v) is 18.3. The van der Waals surface area contributed by atoms with Crippen molar-refractivity contribution < 1.29 is 9.47 Å². The fraction of sp³-hybridized carbons (Fsp3) is 0.824. The van der Waals surface area contributed by atoms with Crippen LogP contribution >= 0.6 is 24.0 Å². The largest absolute Gasteiger partial charge is 0.376 e. The minimum Gasteiger partial charge on any atom is -0.376 e. The van der Waals surface area contributed by atoms with Crippen molar-refractivity contribution in [3.05, 3.63) is 11.6 Å². The van der Waals surface area contributed by atoms with Crippen molar-refractivity contribution in [1.82, 2.24) is 25.4 Å². The van der Waals surface area contributed by atoms with E-state index in [0.29, 0.717) is 6.54 Å². The molecule has 0 radical (unpaired) electrons. The summed E-state index contributed by atoms with van der Waals surface area (Å²) in [5, 5.41) is 15.1. The zero-order valence-electron chi connectivity index (χ0n) is 16.0. The molecule has 2 aliphatic rings. The highest BCUT2D eigenvalue weighted by Gasteiger charge is 2.29. The Morgan fingerprint density at radius 3 is 2.77 bits per heavy atom. The van der Waals surface area contributed by atoms with E-state index in [4.69, 9.17) is 9.47 Å². The predicted octanol–water partition coefficient (Wildman–Crippen LogP) is 1.52. The molecule has 2 unspecified atom stereocenters. The molecular formula is C17H31IN6O2. The summed E-state index contributed by atoms with van der Waals surface area (Å²) in [6, 6.07) is 0. The molecule has 2 fully saturated rings. The summed E-state index contributed by atoms with van der Waals surface area (Å²) in [5.74, 6) is 2.51. The van der Waals surface area contributed by atoms with Gasteiger partial charge in [0.1, 0.15) is 12.4 Å². The molecule has 0 bridgehead atoms. The van der Waals surface area contributed by atoms with E-state index in [1.165, 1.54) is 0 Å². The predicted molar refractivity (Wildman–Crippen MR) is 111 cm³/mol. The number of nitrogens with one attached hydrogen (secondary N) is 2. The molecular weight excluding hydrogens is 447 g/mol. The lowest BCUT2D eigenvalue weighted by Crippen LogP contribution is -2.47. The first-order chi connectivity index (χ1) is 12.1. The van der Waals surface area contributed by atoms with E-state index in [-0.39, 0.29) is 35.7 Å². The van der Waals surface area contributed by atoms with E-state index in [9.17, 15) is 0 Å². The van der Waals surface area contributed by atoms with Crippen LogP contribution in [0.4, 0.5) is 0 Å². The highest BCUT2D eigenvalue weighted by atomic mass is 127. The smallest absolute Gasteiger partial charge is 0.191 e. The Kier molecular flexibility index (Phi) is 8.08. The normalized spacial score (nSPS) is 26.0. The van der Waals surface area contributed by atoms with Gasteiger partial charge in [0.2, 0.25) is 0 Å². The first kappa shape index (κ1) is 21.4. The van der Waals surface area contributed by atoms with Crippen LogP contribution in [0.15, 0.2) is 4.99 Å². The van der Waals surface area contributed by atoms with Crippen molar-refractivity contribution in [3.8, 4) is 0 Å². The fourth-order valence-electron chi connectivity index (χ4n) is 3.18. The molecule has 26 heavy (non-hydrogen) atoms. The van der Waals surface area contributed by atoms with Crippen molar-refractivity contribution >= 4 is 29.9 Å². The van der Waals surface area contributed by atoms with Gasteiger partial charge in [0.15, 0.2) is 11.8 Å². The van der Waals surface area contributed by atoms with Crippen molar-refractivity contribution in [3.63, 3.8) is 0 Å². The zero-order chi connectivity index (χ0) is 17.7. The summed E-state index contributed by atoms with van der Waals surface area (Å²) in [4.78, 5) is 4.68. The minimum atomic E-state index is -0.117. The van der Waals surface area contributed by atoms with Crippen LogP contribution < -0.4 is 10.6 Å². The number of aliphatic imine (C=N–C) groups is 1. The Balaban J connectivity index is 0.00000243. The average molecular weight is 478 g/mol. The number of aromatic nitrogens is 3. The quantitative estimate of drug-likeness (QED) is 0.367. The van der Waals surface area contributed by atoms with Gasteiger partial charge in [0.25, 0.3) is 0 Å². The highest BCUT2D eigenvalue weighted by Crippen LogP contribution is 2.23. The first-order valence-corrected chi connectivity index (χ1v) is 9.18. The minimum absolute atomic E-state index is 0. The molecule has 148 valence electrons. The molecule has 9 heteroatoms. The topological polar surface area (TPSA) is 85.6 Å². The van der Waals surface area contributed by atoms with Crippen LogP contribution in [0.1, 0.15) is 44.3 Å². The third-order valence-corrected chi connectivity index (χ3v) is 5.01. The van der Waals surface area contributed by atoms with Crippen LogP contribution in [-0.2, 0) is 23.1 Å². The van der Waals surface area contributed by atoms with E-state index >= 15 is 0 Å². The number of aryl methyl sites for hydroxylation is 1. The summed E-state index contributed by atoms with van der Waals surface area (Å²) in [7, 11) is 1.96. The Morgan fingerprint density at radius 1 is 1.31 bits per heavy atom. The third kappa shape index (κ3) is 5.78. The molecule has 0 aliphatic carbocycles. The molecule has 2 saturated heterocycles. The van der Waals surface area contributed by atoms with Crippen LogP contribution in [-0.4, -0.2) is 58.7 Å². The van der Waals surface area contributed by atoms with Crippen molar-refractivity contribution in [2.75, 3.05) is 26.3 Å². The summed E-state index contributed by atoms with van der Waals surface area (Å²) >= 11 is 0. The van der Waals surface area contributed by atoms with Gasteiger partial charge in [0.05, 0.1) is 11.7 Å². The molecule has 0 saturated carbocycles. The summed E-state index contributed by atoms with van der Waals surface area (Å²) in [5.41, 5.74) is -0.117.